The zero-order valence-electron chi connectivity index (χ0n) is 20.0. The van der Waals surface area contributed by atoms with Gasteiger partial charge in [-0.05, 0) is 55.5 Å². The molecule has 2 unspecified atom stereocenters. The van der Waals surface area contributed by atoms with Crippen molar-refractivity contribution in [1.82, 2.24) is 4.90 Å². The molecule has 0 amide bonds. The summed E-state index contributed by atoms with van der Waals surface area (Å²) in [6, 6.07) is 13.5. The number of alkyl halides is 4. The molecule has 0 N–H and O–H groups in total. The van der Waals surface area contributed by atoms with Gasteiger partial charge in [-0.15, -0.1) is 0 Å². The molecule has 1 fully saturated rings. The molecular weight excluding hydrogens is 556 g/mol. The Morgan fingerprint density at radius 2 is 1.79 bits per heavy atom. The topological polar surface area (TPSA) is 32.8 Å². The van der Waals surface area contributed by atoms with Crippen LogP contribution in [0.5, 0.6) is 0 Å². The van der Waals surface area contributed by atoms with Crippen molar-refractivity contribution in [3.63, 3.8) is 0 Å². The maximum atomic E-state index is 13.3. The van der Waals surface area contributed by atoms with Gasteiger partial charge in [0.1, 0.15) is 5.54 Å². The second-order valence-corrected chi connectivity index (χ2v) is 10.6. The number of piperazine rings is 1. The number of hydrogen-bond donors (Lipinski definition) is 0. The highest BCUT2D eigenvalue weighted by molar-refractivity contribution is 14.1. The van der Waals surface area contributed by atoms with Crippen LogP contribution >= 0.6 is 22.6 Å². The van der Waals surface area contributed by atoms with Crippen molar-refractivity contribution < 1.29 is 22.7 Å². The van der Waals surface area contributed by atoms with Crippen molar-refractivity contribution in [3.05, 3.63) is 65.2 Å². The third kappa shape index (κ3) is 5.87. The molecule has 4 nitrogen and oxygen atoms in total. The highest BCUT2D eigenvalue weighted by Gasteiger charge is 2.47. The van der Waals surface area contributed by atoms with Crippen molar-refractivity contribution in [1.29, 1.82) is 0 Å². The Kier molecular flexibility index (Phi) is 8.55. The third-order valence-corrected chi connectivity index (χ3v) is 7.33. The van der Waals surface area contributed by atoms with E-state index in [0.29, 0.717) is 31.2 Å². The molecule has 1 aliphatic rings. The van der Waals surface area contributed by atoms with Crippen molar-refractivity contribution in [2.45, 2.75) is 49.9 Å². The molecule has 2 aromatic carbocycles. The third-order valence-electron chi connectivity index (χ3n) is 6.27. The zero-order chi connectivity index (χ0) is 25.1. The first-order valence-electron chi connectivity index (χ1n) is 11.6. The number of carbonyl (C=O) groups is 1. The molecule has 0 saturated carbocycles. The van der Waals surface area contributed by atoms with Crippen LogP contribution in [0.4, 0.5) is 18.9 Å². The van der Waals surface area contributed by atoms with Gasteiger partial charge in [0.2, 0.25) is 0 Å². The molecule has 0 aromatic heterocycles. The molecule has 1 aliphatic heterocycles. The average Bonchev–Trinajstić information content (AvgIpc) is 2.78. The highest BCUT2D eigenvalue weighted by Crippen LogP contribution is 2.37. The number of nitrogens with zero attached hydrogens (tertiary/aromatic N) is 2. The van der Waals surface area contributed by atoms with E-state index >= 15 is 0 Å². The monoisotopic (exact) mass is 588 g/mol. The lowest BCUT2D eigenvalue weighted by Gasteiger charge is -2.48. The maximum absolute atomic E-state index is 13.3. The van der Waals surface area contributed by atoms with Gasteiger partial charge in [0, 0.05) is 25.3 Å². The molecule has 0 radical (unpaired) electrons. The van der Waals surface area contributed by atoms with E-state index in [1.54, 1.807) is 13.0 Å². The molecule has 0 spiro atoms. The molecule has 1 saturated heterocycles. The minimum atomic E-state index is -4.38. The Hall–Kier alpha value is -1.81. The van der Waals surface area contributed by atoms with Crippen LogP contribution < -0.4 is 4.90 Å². The van der Waals surface area contributed by atoms with E-state index in [2.05, 4.69) is 53.5 Å². The van der Waals surface area contributed by atoms with Crippen LogP contribution in [0.25, 0.3) is 0 Å². The number of carbonyl (C=O) groups excluding carboxylic acids is 1. The normalized spacial score (nSPS) is 19.2. The van der Waals surface area contributed by atoms with Crippen LogP contribution in [0.15, 0.2) is 48.5 Å². The quantitative estimate of drug-likeness (QED) is 0.165. The summed E-state index contributed by atoms with van der Waals surface area (Å²) in [6.45, 7) is 9.78. The van der Waals surface area contributed by atoms with Crippen molar-refractivity contribution in [2.75, 3.05) is 31.1 Å². The van der Waals surface area contributed by atoms with Gasteiger partial charge in [-0.2, -0.15) is 13.2 Å². The number of halogens is 4. The number of hydrogen-bond acceptors (Lipinski definition) is 4. The van der Waals surface area contributed by atoms with E-state index in [4.69, 9.17) is 4.74 Å². The highest BCUT2D eigenvalue weighted by atomic mass is 127. The van der Waals surface area contributed by atoms with Crippen LogP contribution in [0, 0.1) is 5.92 Å². The molecule has 2 atom stereocenters. The molecule has 3 rings (SSSR count). The van der Waals surface area contributed by atoms with E-state index in [1.807, 2.05) is 24.0 Å². The summed E-state index contributed by atoms with van der Waals surface area (Å²) in [5, 5.41) is 0. The Morgan fingerprint density at radius 3 is 2.35 bits per heavy atom. The number of benzene rings is 2. The molecule has 34 heavy (non-hydrogen) atoms. The van der Waals surface area contributed by atoms with Crippen LogP contribution in [0.1, 0.15) is 44.4 Å². The van der Waals surface area contributed by atoms with Gasteiger partial charge in [0.15, 0.2) is 0 Å². The minimum absolute atomic E-state index is 0.120. The van der Waals surface area contributed by atoms with Crippen LogP contribution in [0.3, 0.4) is 0 Å². The lowest BCUT2D eigenvalue weighted by Crippen LogP contribution is -2.61. The Balaban J connectivity index is 1.87. The van der Waals surface area contributed by atoms with E-state index in [9.17, 15) is 18.0 Å². The van der Waals surface area contributed by atoms with Gasteiger partial charge in [0.05, 0.1) is 16.2 Å². The van der Waals surface area contributed by atoms with Crippen molar-refractivity contribution in [2.24, 2.45) is 5.92 Å². The molecular formula is C26H32F3IN2O2. The van der Waals surface area contributed by atoms with Crippen LogP contribution in [-0.2, 0) is 27.7 Å². The fourth-order valence-corrected chi connectivity index (χ4v) is 5.78. The summed E-state index contributed by atoms with van der Waals surface area (Å²) in [6.07, 6.45) is -3.42. The fraction of sp³-hybridized carbons (Fsp3) is 0.500. The standard InChI is InChI=1S/C26H32F3IN2O2/c1-5-34-24(33)25(4,20-11-9-19(10-12-20)15-18(2)3)32-14-13-31(17-23(32)30)22-8-6-7-21(16-22)26(27,28)29/h6-12,16,18,23H,5,13-15,17H2,1-4H3. The summed E-state index contributed by atoms with van der Waals surface area (Å²) in [5.74, 6) is 0.214. The van der Waals surface area contributed by atoms with Gasteiger partial charge in [-0.25, -0.2) is 4.79 Å². The number of anilines is 1. The Bertz CT molecular complexity index is 981. The summed E-state index contributed by atoms with van der Waals surface area (Å²) in [7, 11) is 0. The maximum Gasteiger partial charge on any atom is 0.416 e. The minimum Gasteiger partial charge on any atom is -0.464 e. The second kappa shape index (κ2) is 10.8. The summed E-state index contributed by atoms with van der Waals surface area (Å²) in [5.41, 5.74) is 0.943. The molecule has 2 aromatic rings. The van der Waals surface area contributed by atoms with E-state index in [-0.39, 0.29) is 16.6 Å². The first kappa shape index (κ1) is 26.8. The first-order chi connectivity index (χ1) is 16.0. The first-order valence-corrected chi connectivity index (χ1v) is 12.8. The molecule has 8 heteroatoms. The second-order valence-electron chi connectivity index (χ2n) is 9.21. The van der Waals surface area contributed by atoms with Gasteiger partial charge >= 0.3 is 12.1 Å². The number of esters is 1. The Labute approximate surface area is 213 Å². The number of rotatable bonds is 7. The van der Waals surface area contributed by atoms with Crippen molar-refractivity contribution >= 4 is 34.2 Å². The van der Waals surface area contributed by atoms with E-state index < -0.39 is 17.3 Å². The largest absolute Gasteiger partial charge is 0.464 e. The van der Waals surface area contributed by atoms with Gasteiger partial charge in [-0.3, -0.25) is 4.90 Å². The summed E-state index contributed by atoms with van der Waals surface area (Å²) in [4.78, 5) is 17.3. The lowest BCUT2D eigenvalue weighted by atomic mass is 9.87. The predicted octanol–water partition coefficient (Wildman–Crippen LogP) is 6.27. The zero-order valence-corrected chi connectivity index (χ0v) is 22.2. The van der Waals surface area contributed by atoms with E-state index in [0.717, 1.165) is 18.1 Å². The van der Waals surface area contributed by atoms with Gasteiger partial charge < -0.3 is 9.64 Å². The molecule has 186 valence electrons. The Morgan fingerprint density at radius 1 is 1.12 bits per heavy atom. The smallest absolute Gasteiger partial charge is 0.416 e. The molecule has 0 aliphatic carbocycles. The van der Waals surface area contributed by atoms with Gasteiger partial charge in [-0.1, -0.05) is 66.8 Å². The molecule has 0 bridgehead atoms. The summed E-state index contributed by atoms with van der Waals surface area (Å²) < 4.78 is 45.0. The van der Waals surface area contributed by atoms with Crippen LogP contribution in [0.2, 0.25) is 0 Å². The van der Waals surface area contributed by atoms with Gasteiger partial charge in [0.25, 0.3) is 0 Å². The number of ether oxygens (including phenoxy) is 1. The lowest BCUT2D eigenvalue weighted by molar-refractivity contribution is -0.158. The predicted molar refractivity (Wildman–Crippen MR) is 137 cm³/mol. The fourth-order valence-electron chi connectivity index (χ4n) is 4.47. The SMILES string of the molecule is CCOC(=O)C(C)(c1ccc(CC(C)C)cc1)N1CCN(c2cccc(C(F)(F)F)c2)CC1I. The molecule has 1 heterocycles. The summed E-state index contributed by atoms with van der Waals surface area (Å²) >= 11 is 2.28. The van der Waals surface area contributed by atoms with Crippen molar-refractivity contribution in [3.8, 4) is 0 Å². The van der Waals surface area contributed by atoms with Crippen LogP contribution in [-0.4, -0.2) is 41.2 Å². The average molecular weight is 588 g/mol. The van der Waals surface area contributed by atoms with E-state index in [1.165, 1.54) is 17.7 Å².